The quantitative estimate of drug-likeness (QED) is 0.880. The van der Waals surface area contributed by atoms with Crippen molar-refractivity contribution in [3.63, 3.8) is 0 Å². The average molecular weight is 312 g/mol. The highest BCUT2D eigenvalue weighted by molar-refractivity contribution is 7.80. The molecule has 1 heterocycles. The lowest BCUT2D eigenvalue weighted by atomic mass is 10.1. The van der Waals surface area contributed by atoms with Crippen LogP contribution in [0.5, 0.6) is 5.75 Å². The van der Waals surface area contributed by atoms with E-state index in [0.29, 0.717) is 0 Å². The van der Waals surface area contributed by atoms with Gasteiger partial charge in [0.05, 0.1) is 5.56 Å². The second-order valence-corrected chi connectivity index (χ2v) is 4.66. The van der Waals surface area contributed by atoms with Gasteiger partial charge in [0, 0.05) is 18.0 Å². The summed E-state index contributed by atoms with van der Waals surface area (Å²) < 4.78 is 44.4. The van der Waals surface area contributed by atoms with Crippen LogP contribution >= 0.6 is 12.2 Å². The number of halogens is 3. The van der Waals surface area contributed by atoms with Crippen molar-refractivity contribution in [3.8, 4) is 5.75 Å². The zero-order valence-electron chi connectivity index (χ0n) is 10.7. The molecular formula is C14H11F3N2OS. The average Bonchev–Trinajstić information content (AvgIpc) is 2.45. The molecule has 0 amide bonds. The molecule has 0 unspecified atom stereocenters. The summed E-state index contributed by atoms with van der Waals surface area (Å²) in [7, 11) is 0. The number of benzene rings is 1. The van der Waals surface area contributed by atoms with E-state index in [1.807, 2.05) is 0 Å². The number of alkyl halides is 3. The van der Waals surface area contributed by atoms with Crippen molar-refractivity contribution in [2.24, 2.45) is 5.73 Å². The molecule has 0 bridgehead atoms. The number of nitrogens with two attached hydrogens (primary N) is 1. The summed E-state index contributed by atoms with van der Waals surface area (Å²) in [6, 6.07) is 6.84. The molecule has 0 spiro atoms. The molecule has 0 saturated heterocycles. The lowest BCUT2D eigenvalue weighted by molar-refractivity contribution is -0.139. The number of aromatic nitrogens is 1. The van der Waals surface area contributed by atoms with Crippen molar-refractivity contribution >= 4 is 17.2 Å². The minimum Gasteiger partial charge on any atom is -0.488 e. The first-order valence-electron chi connectivity index (χ1n) is 5.90. The predicted molar refractivity (Wildman–Crippen MR) is 75.9 cm³/mol. The van der Waals surface area contributed by atoms with Crippen LogP contribution in [0.1, 0.15) is 16.7 Å². The molecule has 110 valence electrons. The van der Waals surface area contributed by atoms with Crippen LogP contribution < -0.4 is 10.5 Å². The number of thiocarbonyl (C=S) groups is 1. The second-order valence-electron chi connectivity index (χ2n) is 4.22. The number of hydrogen-bond acceptors (Lipinski definition) is 3. The Labute approximate surface area is 124 Å². The SMILES string of the molecule is NC(=S)c1ccc(OCc2ccncc2)c(C(F)(F)F)c1. The maximum Gasteiger partial charge on any atom is 0.419 e. The summed E-state index contributed by atoms with van der Waals surface area (Å²) in [6.45, 7) is 0.0119. The van der Waals surface area contributed by atoms with Crippen LogP contribution in [0.2, 0.25) is 0 Å². The molecule has 3 nitrogen and oxygen atoms in total. The molecule has 1 aromatic heterocycles. The molecular weight excluding hydrogens is 301 g/mol. The van der Waals surface area contributed by atoms with Gasteiger partial charge in [0.2, 0.25) is 0 Å². The highest BCUT2D eigenvalue weighted by atomic mass is 32.1. The van der Waals surface area contributed by atoms with Gasteiger partial charge < -0.3 is 10.5 Å². The normalized spacial score (nSPS) is 11.2. The second kappa shape index (κ2) is 6.09. The fourth-order valence-electron chi connectivity index (χ4n) is 1.67. The van der Waals surface area contributed by atoms with E-state index in [9.17, 15) is 13.2 Å². The van der Waals surface area contributed by atoms with E-state index in [1.165, 1.54) is 12.1 Å². The van der Waals surface area contributed by atoms with Crippen molar-refractivity contribution in [2.45, 2.75) is 12.8 Å². The maximum absolute atomic E-state index is 13.0. The topological polar surface area (TPSA) is 48.1 Å². The van der Waals surface area contributed by atoms with Gasteiger partial charge in [0.1, 0.15) is 17.3 Å². The summed E-state index contributed by atoms with van der Waals surface area (Å²) in [6.07, 6.45) is -1.47. The molecule has 0 aliphatic rings. The van der Waals surface area contributed by atoms with Crippen LogP contribution in [0.25, 0.3) is 0 Å². The van der Waals surface area contributed by atoms with Crippen molar-refractivity contribution in [2.75, 3.05) is 0 Å². The molecule has 1 aromatic carbocycles. The van der Waals surface area contributed by atoms with Gasteiger partial charge in [0.15, 0.2) is 0 Å². The van der Waals surface area contributed by atoms with Crippen LogP contribution in [-0.2, 0) is 12.8 Å². The lowest BCUT2D eigenvalue weighted by Gasteiger charge is -2.15. The zero-order chi connectivity index (χ0) is 15.5. The smallest absolute Gasteiger partial charge is 0.419 e. The van der Waals surface area contributed by atoms with Gasteiger partial charge in [-0.25, -0.2) is 0 Å². The lowest BCUT2D eigenvalue weighted by Crippen LogP contribution is -2.14. The Morgan fingerprint density at radius 3 is 2.43 bits per heavy atom. The van der Waals surface area contributed by atoms with Crippen LogP contribution in [0.15, 0.2) is 42.7 Å². The molecule has 0 radical (unpaired) electrons. The Morgan fingerprint density at radius 2 is 1.86 bits per heavy atom. The van der Waals surface area contributed by atoms with Crippen molar-refractivity contribution in [1.82, 2.24) is 4.98 Å². The van der Waals surface area contributed by atoms with Crippen molar-refractivity contribution < 1.29 is 17.9 Å². The van der Waals surface area contributed by atoms with E-state index in [4.69, 9.17) is 22.7 Å². The van der Waals surface area contributed by atoms with Crippen molar-refractivity contribution in [3.05, 3.63) is 59.4 Å². The molecule has 2 rings (SSSR count). The van der Waals surface area contributed by atoms with Gasteiger partial charge in [-0.15, -0.1) is 0 Å². The Kier molecular flexibility index (Phi) is 4.42. The van der Waals surface area contributed by atoms with E-state index < -0.39 is 11.7 Å². The number of ether oxygens (including phenoxy) is 1. The summed E-state index contributed by atoms with van der Waals surface area (Å²) in [5, 5.41) is 0. The summed E-state index contributed by atoms with van der Waals surface area (Å²) in [5.74, 6) is -0.265. The summed E-state index contributed by atoms with van der Waals surface area (Å²) in [4.78, 5) is 3.73. The number of pyridine rings is 1. The first-order chi connectivity index (χ1) is 9.88. The van der Waals surface area contributed by atoms with Crippen molar-refractivity contribution in [1.29, 1.82) is 0 Å². The molecule has 0 aliphatic heterocycles. The van der Waals surface area contributed by atoms with E-state index >= 15 is 0 Å². The van der Waals surface area contributed by atoms with Gasteiger partial charge in [-0.1, -0.05) is 12.2 Å². The van der Waals surface area contributed by atoms with E-state index in [0.717, 1.165) is 11.6 Å². The van der Waals surface area contributed by atoms with Gasteiger partial charge in [0.25, 0.3) is 0 Å². The third-order valence-corrected chi connectivity index (χ3v) is 2.95. The first kappa shape index (κ1) is 15.2. The fraction of sp³-hybridized carbons (Fsp3) is 0.143. The van der Waals surface area contributed by atoms with E-state index in [-0.39, 0.29) is 22.9 Å². The molecule has 7 heteroatoms. The van der Waals surface area contributed by atoms with E-state index in [2.05, 4.69) is 4.98 Å². The number of rotatable bonds is 4. The van der Waals surface area contributed by atoms with Gasteiger partial charge >= 0.3 is 6.18 Å². The highest BCUT2D eigenvalue weighted by Gasteiger charge is 2.34. The molecule has 0 aliphatic carbocycles. The third-order valence-electron chi connectivity index (χ3n) is 2.71. The molecule has 2 N–H and O–H groups in total. The van der Waals surface area contributed by atoms with Crippen LogP contribution in [0, 0.1) is 0 Å². The predicted octanol–water partition coefficient (Wildman–Crippen LogP) is 3.31. The standard InChI is InChI=1S/C14H11F3N2OS/c15-14(16,17)11-7-10(13(18)21)1-2-12(11)20-8-9-3-5-19-6-4-9/h1-7H,8H2,(H2,18,21). The summed E-state index contributed by atoms with van der Waals surface area (Å²) >= 11 is 4.69. The summed E-state index contributed by atoms with van der Waals surface area (Å²) in [5.41, 5.74) is 5.32. The zero-order valence-corrected chi connectivity index (χ0v) is 11.5. The molecule has 0 atom stereocenters. The molecule has 0 saturated carbocycles. The van der Waals surface area contributed by atoms with Crippen LogP contribution in [0.4, 0.5) is 13.2 Å². The fourth-order valence-corrected chi connectivity index (χ4v) is 1.80. The Hall–Kier alpha value is -2.15. The third kappa shape index (κ3) is 3.91. The highest BCUT2D eigenvalue weighted by Crippen LogP contribution is 2.37. The Morgan fingerprint density at radius 1 is 1.19 bits per heavy atom. The van der Waals surface area contributed by atoms with Gasteiger partial charge in [-0.3, -0.25) is 4.98 Å². The largest absolute Gasteiger partial charge is 0.488 e. The minimum atomic E-state index is -4.55. The Balaban J connectivity index is 2.28. The minimum absolute atomic E-state index is 0.0119. The molecule has 2 aromatic rings. The first-order valence-corrected chi connectivity index (χ1v) is 6.31. The van der Waals surface area contributed by atoms with Gasteiger partial charge in [-0.2, -0.15) is 13.2 Å². The number of nitrogens with zero attached hydrogens (tertiary/aromatic N) is 1. The molecule has 21 heavy (non-hydrogen) atoms. The monoisotopic (exact) mass is 312 g/mol. The molecule has 0 fully saturated rings. The van der Waals surface area contributed by atoms with Gasteiger partial charge in [-0.05, 0) is 35.9 Å². The van der Waals surface area contributed by atoms with Crippen LogP contribution in [-0.4, -0.2) is 9.97 Å². The van der Waals surface area contributed by atoms with Crippen LogP contribution in [0.3, 0.4) is 0 Å². The maximum atomic E-state index is 13.0. The Bertz CT molecular complexity index is 644. The number of hydrogen-bond donors (Lipinski definition) is 1. The van der Waals surface area contributed by atoms with E-state index in [1.54, 1.807) is 24.5 Å².